The van der Waals surface area contributed by atoms with Crippen LogP contribution in [-0.2, 0) is 11.2 Å². The molecule has 1 aliphatic heterocycles. The van der Waals surface area contributed by atoms with Crippen molar-refractivity contribution in [1.82, 2.24) is 19.4 Å². The minimum absolute atomic E-state index is 0.0999. The van der Waals surface area contributed by atoms with Crippen LogP contribution < -0.4 is 10.1 Å². The Balaban J connectivity index is 1.23. The molecule has 1 aliphatic rings. The summed E-state index contributed by atoms with van der Waals surface area (Å²) >= 11 is 0. The number of fused-ring (bicyclic) bond motifs is 2. The predicted molar refractivity (Wildman–Crippen MR) is 132 cm³/mol. The number of anilines is 2. The zero-order valence-electron chi connectivity index (χ0n) is 18.9. The first-order chi connectivity index (χ1) is 16.7. The summed E-state index contributed by atoms with van der Waals surface area (Å²) < 4.78 is 13.5. The van der Waals surface area contributed by atoms with Gasteiger partial charge in [-0.15, -0.1) is 0 Å². The lowest BCUT2D eigenvalue weighted by Crippen LogP contribution is -2.15. The normalized spacial score (nSPS) is 15.7. The van der Waals surface area contributed by atoms with Crippen molar-refractivity contribution in [3.8, 4) is 5.75 Å². The van der Waals surface area contributed by atoms with E-state index >= 15 is 0 Å². The third-order valence-corrected chi connectivity index (χ3v) is 6.26. The minimum atomic E-state index is 0.0999. The summed E-state index contributed by atoms with van der Waals surface area (Å²) in [4.78, 5) is 13.3. The fourth-order valence-electron chi connectivity index (χ4n) is 4.40. The Hall–Kier alpha value is -3.97. The molecular formula is C27H25N5O2. The number of aryl methyl sites for hydroxylation is 1. The predicted octanol–water partition coefficient (Wildman–Crippen LogP) is 5.09. The van der Waals surface area contributed by atoms with Crippen LogP contribution in [0.25, 0.3) is 16.6 Å². The number of imidazole rings is 1. The number of benzene rings is 2. The minimum Gasteiger partial charge on any atom is -0.488 e. The number of rotatable bonds is 6. The third kappa shape index (κ3) is 4.18. The fraction of sp³-hybridized carbons (Fsp3) is 0.222. The van der Waals surface area contributed by atoms with Gasteiger partial charge in [0.25, 0.3) is 0 Å². The summed E-state index contributed by atoms with van der Waals surface area (Å²) in [6.07, 6.45) is 9.29. The lowest BCUT2D eigenvalue weighted by molar-refractivity contribution is 0.141. The molecule has 1 N–H and O–H groups in total. The summed E-state index contributed by atoms with van der Waals surface area (Å²) in [6.45, 7) is 3.53. The van der Waals surface area contributed by atoms with Gasteiger partial charge in [0.15, 0.2) is 0 Å². The second-order valence-corrected chi connectivity index (χ2v) is 8.68. The van der Waals surface area contributed by atoms with Crippen LogP contribution in [0.3, 0.4) is 0 Å². The number of ether oxygens (including phenoxy) is 2. The number of nitrogens with one attached hydrogen (secondary N) is 1. The maximum Gasteiger partial charge on any atom is 0.141 e. The standard InChI is InChI=1S/C27H25N5O2/c1-18-12-21(3-2-20(18)13-19-6-9-32-10-8-28-26(32)14-19)31-27-24-15-22(34-23-7-11-33-16-23)4-5-25(24)29-17-30-27/h2-6,8-10,12,14-15,17,23H,7,11,13,16H2,1H3,(H,29,30,31)/t23-/m0/s1. The van der Waals surface area contributed by atoms with Gasteiger partial charge in [-0.3, -0.25) is 0 Å². The smallest absolute Gasteiger partial charge is 0.141 e. The van der Waals surface area contributed by atoms with Crippen molar-refractivity contribution in [3.05, 3.63) is 90.1 Å². The van der Waals surface area contributed by atoms with Crippen molar-refractivity contribution in [2.24, 2.45) is 0 Å². The van der Waals surface area contributed by atoms with Crippen molar-refractivity contribution in [1.29, 1.82) is 0 Å². The molecule has 3 aromatic heterocycles. The zero-order valence-corrected chi connectivity index (χ0v) is 18.9. The fourth-order valence-corrected chi connectivity index (χ4v) is 4.40. The highest BCUT2D eigenvalue weighted by Gasteiger charge is 2.17. The summed E-state index contributed by atoms with van der Waals surface area (Å²) in [7, 11) is 0. The highest BCUT2D eigenvalue weighted by atomic mass is 16.5. The molecule has 1 atom stereocenters. The molecule has 0 amide bonds. The third-order valence-electron chi connectivity index (χ3n) is 6.26. The van der Waals surface area contributed by atoms with Gasteiger partial charge in [0.2, 0.25) is 0 Å². The summed E-state index contributed by atoms with van der Waals surface area (Å²) in [6, 6.07) is 16.6. The number of hydrogen-bond donors (Lipinski definition) is 1. The van der Waals surface area contributed by atoms with Gasteiger partial charge in [-0.2, -0.15) is 0 Å². The van der Waals surface area contributed by atoms with E-state index in [1.54, 1.807) is 6.33 Å². The highest BCUT2D eigenvalue weighted by molar-refractivity contribution is 5.91. The largest absolute Gasteiger partial charge is 0.488 e. The highest BCUT2D eigenvalue weighted by Crippen LogP contribution is 2.29. The molecule has 5 aromatic rings. The quantitative estimate of drug-likeness (QED) is 0.388. The first kappa shape index (κ1) is 20.6. The molecule has 34 heavy (non-hydrogen) atoms. The van der Waals surface area contributed by atoms with Gasteiger partial charge in [0, 0.05) is 36.1 Å². The van der Waals surface area contributed by atoms with E-state index in [4.69, 9.17) is 9.47 Å². The Morgan fingerprint density at radius 2 is 2.03 bits per heavy atom. The number of aromatic nitrogens is 4. The number of hydrogen-bond acceptors (Lipinski definition) is 6. The maximum atomic E-state index is 6.09. The Labute approximate surface area is 197 Å². The molecule has 2 aromatic carbocycles. The molecule has 1 fully saturated rings. The van der Waals surface area contributed by atoms with E-state index in [9.17, 15) is 0 Å². The summed E-state index contributed by atoms with van der Waals surface area (Å²) in [5.41, 5.74) is 6.56. The van der Waals surface area contributed by atoms with Crippen molar-refractivity contribution < 1.29 is 9.47 Å². The van der Waals surface area contributed by atoms with Crippen molar-refractivity contribution in [3.63, 3.8) is 0 Å². The molecule has 0 saturated carbocycles. The summed E-state index contributed by atoms with van der Waals surface area (Å²) in [5.74, 6) is 1.57. The van der Waals surface area contributed by atoms with E-state index < -0.39 is 0 Å². The molecule has 7 nitrogen and oxygen atoms in total. The average molecular weight is 452 g/mol. The van der Waals surface area contributed by atoms with E-state index in [-0.39, 0.29) is 6.10 Å². The molecule has 4 heterocycles. The number of nitrogens with zero attached hydrogens (tertiary/aromatic N) is 4. The van der Waals surface area contributed by atoms with Crippen LogP contribution in [0.1, 0.15) is 23.1 Å². The van der Waals surface area contributed by atoms with E-state index in [2.05, 4.69) is 63.7 Å². The van der Waals surface area contributed by atoms with Gasteiger partial charge in [-0.05, 0) is 72.5 Å². The zero-order chi connectivity index (χ0) is 22.9. The number of pyridine rings is 1. The van der Waals surface area contributed by atoms with Crippen molar-refractivity contribution in [2.45, 2.75) is 25.9 Å². The second-order valence-electron chi connectivity index (χ2n) is 8.68. The van der Waals surface area contributed by atoms with Gasteiger partial charge < -0.3 is 19.2 Å². The Kier molecular flexibility index (Phi) is 5.31. The lowest BCUT2D eigenvalue weighted by Gasteiger charge is -2.14. The second kappa shape index (κ2) is 8.76. The first-order valence-electron chi connectivity index (χ1n) is 11.5. The molecule has 0 aliphatic carbocycles. The molecule has 170 valence electrons. The van der Waals surface area contributed by atoms with Gasteiger partial charge in [-0.1, -0.05) is 6.07 Å². The van der Waals surface area contributed by atoms with E-state index in [0.29, 0.717) is 6.61 Å². The molecule has 6 rings (SSSR count). The molecule has 1 saturated heterocycles. The van der Waals surface area contributed by atoms with Crippen LogP contribution in [0.4, 0.5) is 11.5 Å². The van der Waals surface area contributed by atoms with Crippen LogP contribution in [0.2, 0.25) is 0 Å². The van der Waals surface area contributed by atoms with E-state index in [1.807, 2.05) is 35.0 Å². The molecule has 0 spiro atoms. The van der Waals surface area contributed by atoms with Crippen molar-refractivity contribution >= 4 is 28.1 Å². The van der Waals surface area contributed by atoms with Crippen LogP contribution in [-0.4, -0.2) is 38.7 Å². The van der Waals surface area contributed by atoms with E-state index in [0.717, 1.165) is 53.3 Å². The molecular weight excluding hydrogens is 426 g/mol. The van der Waals surface area contributed by atoms with Crippen LogP contribution in [0.5, 0.6) is 5.75 Å². The first-order valence-corrected chi connectivity index (χ1v) is 11.5. The lowest BCUT2D eigenvalue weighted by atomic mass is 10.0. The van der Waals surface area contributed by atoms with Crippen LogP contribution in [0, 0.1) is 6.92 Å². The Bertz CT molecular complexity index is 1470. The Morgan fingerprint density at radius 3 is 2.91 bits per heavy atom. The van der Waals surface area contributed by atoms with Crippen LogP contribution >= 0.6 is 0 Å². The monoisotopic (exact) mass is 451 g/mol. The summed E-state index contributed by atoms with van der Waals surface area (Å²) in [5, 5.41) is 4.40. The topological polar surface area (TPSA) is 73.6 Å². The van der Waals surface area contributed by atoms with Gasteiger partial charge in [-0.25, -0.2) is 15.0 Å². The van der Waals surface area contributed by atoms with Gasteiger partial charge >= 0.3 is 0 Å². The van der Waals surface area contributed by atoms with Crippen LogP contribution in [0.15, 0.2) is 73.4 Å². The molecule has 0 bridgehead atoms. The van der Waals surface area contributed by atoms with Gasteiger partial charge in [0.1, 0.15) is 29.6 Å². The van der Waals surface area contributed by atoms with E-state index in [1.165, 1.54) is 16.7 Å². The van der Waals surface area contributed by atoms with Crippen molar-refractivity contribution in [2.75, 3.05) is 18.5 Å². The molecule has 7 heteroatoms. The Morgan fingerprint density at radius 1 is 1.06 bits per heavy atom. The maximum absolute atomic E-state index is 6.09. The molecule has 0 radical (unpaired) electrons. The average Bonchev–Trinajstić information content (AvgIpc) is 3.53. The SMILES string of the molecule is Cc1cc(Nc2ncnc3ccc(O[C@H]4CCOC4)cc23)ccc1Cc1ccn2ccnc2c1. The molecule has 0 unspecified atom stereocenters. The van der Waals surface area contributed by atoms with Gasteiger partial charge in [0.05, 0.1) is 18.7 Å².